The molecule has 26 heavy (non-hydrogen) atoms. The van der Waals surface area contributed by atoms with Crippen LogP contribution >= 0.6 is 0 Å². The molecule has 1 aromatic rings. The Hall–Kier alpha value is -2.43. The van der Waals surface area contributed by atoms with E-state index >= 15 is 0 Å². The van der Waals surface area contributed by atoms with E-state index in [0.29, 0.717) is 6.54 Å². The standard InChI is InChI=1S/C13H14F2N2O2.C2HF3O2/c14-13(15)10-11(13)17(7-6-16-10)12(18)19-8-9-4-2-1-3-5-9;3-2(4,5)1(6)7/h1-5,10-11,16H,6-8H2;(H,6,7). The van der Waals surface area contributed by atoms with Gasteiger partial charge in [-0.3, -0.25) is 4.90 Å². The summed E-state index contributed by atoms with van der Waals surface area (Å²) in [6, 6.07) is 7.20. The number of carboxylic acids is 1. The van der Waals surface area contributed by atoms with Crippen LogP contribution in [0.2, 0.25) is 0 Å². The first-order valence-electron chi connectivity index (χ1n) is 7.43. The predicted molar refractivity (Wildman–Crippen MR) is 77.5 cm³/mol. The Morgan fingerprint density at radius 2 is 1.85 bits per heavy atom. The zero-order chi connectivity index (χ0) is 19.5. The molecule has 0 aromatic heterocycles. The molecular weight excluding hydrogens is 367 g/mol. The summed E-state index contributed by atoms with van der Waals surface area (Å²) in [5, 5.41) is 9.83. The van der Waals surface area contributed by atoms with Gasteiger partial charge >= 0.3 is 18.2 Å². The van der Waals surface area contributed by atoms with E-state index in [2.05, 4.69) is 5.32 Å². The molecule has 1 aliphatic heterocycles. The lowest BCUT2D eigenvalue weighted by Crippen LogP contribution is -2.46. The molecule has 11 heteroatoms. The Balaban J connectivity index is 0.000000298. The van der Waals surface area contributed by atoms with Gasteiger partial charge in [-0.2, -0.15) is 13.2 Å². The number of halogens is 5. The van der Waals surface area contributed by atoms with Crippen molar-refractivity contribution in [3.63, 3.8) is 0 Å². The van der Waals surface area contributed by atoms with Crippen LogP contribution in [-0.2, 0) is 16.1 Å². The van der Waals surface area contributed by atoms with E-state index in [1.807, 2.05) is 30.3 Å². The molecule has 0 spiro atoms. The van der Waals surface area contributed by atoms with Crippen molar-refractivity contribution in [2.75, 3.05) is 13.1 Å². The van der Waals surface area contributed by atoms with Crippen molar-refractivity contribution < 1.29 is 41.4 Å². The van der Waals surface area contributed by atoms with Gasteiger partial charge < -0.3 is 15.2 Å². The first kappa shape index (κ1) is 19.9. The molecular formula is C15H15F5N2O4. The van der Waals surface area contributed by atoms with Gasteiger partial charge in [0, 0.05) is 13.1 Å². The van der Waals surface area contributed by atoms with E-state index in [-0.39, 0.29) is 13.2 Å². The van der Waals surface area contributed by atoms with Crippen molar-refractivity contribution in [2.45, 2.75) is 30.8 Å². The van der Waals surface area contributed by atoms with Crippen molar-refractivity contribution in [2.24, 2.45) is 0 Å². The van der Waals surface area contributed by atoms with E-state index in [9.17, 15) is 26.7 Å². The van der Waals surface area contributed by atoms with Crippen molar-refractivity contribution >= 4 is 12.1 Å². The zero-order valence-electron chi connectivity index (χ0n) is 13.2. The van der Waals surface area contributed by atoms with E-state index in [1.54, 1.807) is 0 Å². The first-order valence-corrected chi connectivity index (χ1v) is 7.43. The van der Waals surface area contributed by atoms with Crippen LogP contribution in [0.5, 0.6) is 0 Å². The van der Waals surface area contributed by atoms with Crippen LogP contribution in [0.15, 0.2) is 30.3 Å². The van der Waals surface area contributed by atoms with Gasteiger partial charge in [0.1, 0.15) is 18.7 Å². The second-order valence-electron chi connectivity index (χ2n) is 5.59. The number of carbonyl (C=O) groups is 2. The molecule has 6 nitrogen and oxygen atoms in total. The number of carbonyl (C=O) groups excluding carboxylic acids is 1. The molecule has 1 aromatic carbocycles. The molecule has 0 radical (unpaired) electrons. The second kappa shape index (κ2) is 7.44. The normalized spacial score (nSPS) is 23.2. The minimum atomic E-state index is -5.08. The van der Waals surface area contributed by atoms with Crippen molar-refractivity contribution in [1.82, 2.24) is 10.2 Å². The number of hydrogen-bond donors (Lipinski definition) is 2. The number of fused-ring (bicyclic) bond motifs is 1. The summed E-state index contributed by atoms with van der Waals surface area (Å²) in [6.07, 6.45) is -5.75. The molecule has 1 aliphatic carbocycles. The average molecular weight is 382 g/mol. The molecule has 2 atom stereocenters. The van der Waals surface area contributed by atoms with E-state index in [1.165, 1.54) is 0 Å². The fourth-order valence-corrected chi connectivity index (χ4v) is 2.43. The third-order valence-corrected chi connectivity index (χ3v) is 3.75. The summed E-state index contributed by atoms with van der Waals surface area (Å²) >= 11 is 0. The van der Waals surface area contributed by atoms with Gasteiger partial charge in [-0.1, -0.05) is 30.3 Å². The van der Waals surface area contributed by atoms with Gasteiger partial charge in [-0.15, -0.1) is 0 Å². The van der Waals surface area contributed by atoms with Crippen LogP contribution in [0.4, 0.5) is 26.7 Å². The van der Waals surface area contributed by atoms with Crippen LogP contribution in [0.3, 0.4) is 0 Å². The SMILES string of the molecule is O=C(O)C(F)(F)F.O=C(OCc1ccccc1)N1CCNC2C1C2(F)F. The second-order valence-corrected chi connectivity index (χ2v) is 5.59. The fraction of sp³-hybridized carbons (Fsp3) is 0.467. The first-order chi connectivity index (χ1) is 12.0. The van der Waals surface area contributed by atoms with E-state index in [4.69, 9.17) is 14.6 Å². The third kappa shape index (κ3) is 4.59. The summed E-state index contributed by atoms with van der Waals surface area (Å²) in [4.78, 5) is 21.9. The van der Waals surface area contributed by atoms with Crippen molar-refractivity contribution in [3.05, 3.63) is 35.9 Å². The van der Waals surface area contributed by atoms with Gasteiger partial charge in [0.05, 0.1) is 0 Å². The van der Waals surface area contributed by atoms with Gasteiger partial charge in [0.15, 0.2) is 0 Å². The molecule has 2 fully saturated rings. The number of nitrogens with one attached hydrogen (secondary N) is 1. The highest BCUT2D eigenvalue weighted by Crippen LogP contribution is 2.47. The number of piperazine rings is 1. The van der Waals surface area contributed by atoms with Crippen LogP contribution in [-0.4, -0.2) is 59.3 Å². The lowest BCUT2D eigenvalue weighted by atomic mass is 10.2. The zero-order valence-corrected chi connectivity index (χ0v) is 13.2. The number of ether oxygens (including phenoxy) is 1. The van der Waals surface area contributed by atoms with Gasteiger partial charge in [-0.25, -0.2) is 18.4 Å². The number of alkyl halides is 5. The third-order valence-electron chi connectivity index (χ3n) is 3.75. The topological polar surface area (TPSA) is 78.9 Å². The highest BCUT2D eigenvalue weighted by molar-refractivity contribution is 5.73. The van der Waals surface area contributed by atoms with Crippen LogP contribution < -0.4 is 5.32 Å². The monoisotopic (exact) mass is 382 g/mol. The van der Waals surface area contributed by atoms with Crippen LogP contribution in [0.25, 0.3) is 0 Å². The molecule has 2 aliphatic rings. The Bertz CT molecular complexity index is 653. The van der Waals surface area contributed by atoms with Crippen LogP contribution in [0.1, 0.15) is 5.56 Å². The quantitative estimate of drug-likeness (QED) is 0.768. The maximum absolute atomic E-state index is 13.4. The summed E-state index contributed by atoms with van der Waals surface area (Å²) in [7, 11) is 0. The summed E-state index contributed by atoms with van der Waals surface area (Å²) in [5.74, 6) is -5.59. The lowest BCUT2D eigenvalue weighted by Gasteiger charge is -2.25. The van der Waals surface area contributed by atoms with Gasteiger partial charge in [-0.05, 0) is 5.56 Å². The Labute approximate surface area is 144 Å². The largest absolute Gasteiger partial charge is 0.490 e. The molecule has 0 bridgehead atoms. The average Bonchev–Trinajstić information content (AvgIpc) is 3.15. The van der Waals surface area contributed by atoms with E-state index in [0.717, 1.165) is 10.5 Å². The molecule has 3 rings (SSSR count). The fourth-order valence-electron chi connectivity index (χ4n) is 2.43. The maximum Gasteiger partial charge on any atom is 0.490 e. The molecule has 1 saturated heterocycles. The maximum atomic E-state index is 13.4. The van der Waals surface area contributed by atoms with Gasteiger partial charge in [0.2, 0.25) is 0 Å². The molecule has 144 valence electrons. The molecule has 1 heterocycles. The summed E-state index contributed by atoms with van der Waals surface area (Å²) in [5.41, 5.74) is 0.838. The molecule has 2 unspecified atom stereocenters. The number of rotatable bonds is 2. The smallest absolute Gasteiger partial charge is 0.475 e. The van der Waals surface area contributed by atoms with Crippen LogP contribution in [0, 0.1) is 0 Å². The van der Waals surface area contributed by atoms with E-state index < -0.39 is 36.2 Å². The predicted octanol–water partition coefficient (Wildman–Crippen LogP) is 2.25. The number of amides is 1. The number of nitrogens with zero attached hydrogens (tertiary/aromatic N) is 1. The molecule has 2 N–H and O–H groups in total. The minimum Gasteiger partial charge on any atom is -0.475 e. The Kier molecular flexibility index (Phi) is 5.69. The Morgan fingerprint density at radius 1 is 1.27 bits per heavy atom. The number of carboxylic acid groups (broad SMARTS) is 1. The summed E-state index contributed by atoms with van der Waals surface area (Å²) in [6.45, 7) is 0.730. The number of benzene rings is 1. The minimum absolute atomic E-state index is 0.104. The highest BCUT2D eigenvalue weighted by atomic mass is 19.4. The highest BCUT2D eigenvalue weighted by Gasteiger charge is 2.73. The van der Waals surface area contributed by atoms with Crippen molar-refractivity contribution in [1.29, 1.82) is 0 Å². The number of aliphatic carboxylic acids is 1. The molecule has 1 saturated carbocycles. The molecule has 1 amide bonds. The number of hydrogen-bond acceptors (Lipinski definition) is 4. The summed E-state index contributed by atoms with van der Waals surface area (Å²) < 4.78 is 63.5. The van der Waals surface area contributed by atoms with Crippen molar-refractivity contribution in [3.8, 4) is 0 Å². The lowest BCUT2D eigenvalue weighted by molar-refractivity contribution is -0.192. The Morgan fingerprint density at radius 3 is 2.38 bits per heavy atom. The van der Waals surface area contributed by atoms with Gasteiger partial charge in [0.25, 0.3) is 5.92 Å².